The monoisotopic (exact) mass is 456 g/mol. The number of hydrogen-bond acceptors (Lipinski definition) is 7. The van der Waals surface area contributed by atoms with Gasteiger partial charge in [-0.25, -0.2) is 14.5 Å². The van der Waals surface area contributed by atoms with Crippen LogP contribution in [0.1, 0.15) is 22.6 Å². The topological polar surface area (TPSA) is 88.1 Å². The third-order valence-electron chi connectivity index (χ3n) is 5.77. The Morgan fingerprint density at radius 2 is 1.76 bits per heavy atom. The summed E-state index contributed by atoms with van der Waals surface area (Å²) in [5.74, 6) is 1.79. The molecule has 0 unspecified atom stereocenters. The van der Waals surface area contributed by atoms with Crippen LogP contribution < -0.4 is 9.47 Å². The number of benzene rings is 2. The molecular formula is C25H24N6O3. The van der Waals surface area contributed by atoms with Crippen molar-refractivity contribution in [1.82, 2.24) is 24.1 Å². The van der Waals surface area contributed by atoms with E-state index in [-0.39, 0.29) is 6.61 Å². The molecule has 172 valence electrons. The molecule has 0 bridgehead atoms. The summed E-state index contributed by atoms with van der Waals surface area (Å²) >= 11 is 0. The molecular weight excluding hydrogens is 432 g/mol. The van der Waals surface area contributed by atoms with Gasteiger partial charge in [-0.3, -0.25) is 4.57 Å². The van der Waals surface area contributed by atoms with E-state index in [1.54, 1.807) is 31.3 Å². The molecule has 3 aromatic heterocycles. The Hall–Kier alpha value is -4.40. The zero-order chi connectivity index (χ0) is 23.7. The third kappa shape index (κ3) is 3.71. The largest absolute Gasteiger partial charge is 0.493 e. The van der Waals surface area contributed by atoms with Crippen molar-refractivity contribution in [2.45, 2.75) is 20.5 Å². The molecule has 0 aliphatic heterocycles. The lowest BCUT2D eigenvalue weighted by Gasteiger charge is -2.07. The van der Waals surface area contributed by atoms with Crippen LogP contribution >= 0.6 is 0 Å². The molecule has 34 heavy (non-hydrogen) atoms. The molecule has 5 rings (SSSR count). The van der Waals surface area contributed by atoms with Gasteiger partial charge in [-0.1, -0.05) is 23.4 Å². The Morgan fingerprint density at radius 3 is 2.53 bits per heavy atom. The molecule has 5 aromatic rings. The van der Waals surface area contributed by atoms with Gasteiger partial charge in [0.1, 0.15) is 6.33 Å². The summed E-state index contributed by atoms with van der Waals surface area (Å²) < 4.78 is 14.4. The van der Waals surface area contributed by atoms with Crippen LogP contribution in [0.5, 0.6) is 11.5 Å². The highest BCUT2D eigenvalue weighted by atomic mass is 16.6. The number of hydrogen-bond donors (Lipinski definition) is 0. The van der Waals surface area contributed by atoms with Crippen molar-refractivity contribution in [3.8, 4) is 17.2 Å². The normalized spacial score (nSPS) is 11.5. The van der Waals surface area contributed by atoms with Crippen LogP contribution in [0, 0.1) is 13.8 Å². The van der Waals surface area contributed by atoms with Gasteiger partial charge in [-0.15, -0.1) is 5.10 Å². The summed E-state index contributed by atoms with van der Waals surface area (Å²) in [4.78, 5) is 14.8. The number of fused-ring (bicyclic) bond motifs is 3. The average molecular weight is 457 g/mol. The van der Waals surface area contributed by atoms with E-state index in [1.165, 1.54) is 0 Å². The van der Waals surface area contributed by atoms with Gasteiger partial charge >= 0.3 is 0 Å². The second kappa shape index (κ2) is 8.86. The van der Waals surface area contributed by atoms with Gasteiger partial charge in [-0.2, -0.15) is 0 Å². The molecule has 3 heterocycles. The maximum absolute atomic E-state index is 5.46. The Morgan fingerprint density at radius 1 is 0.971 bits per heavy atom. The summed E-state index contributed by atoms with van der Waals surface area (Å²) in [5, 5.41) is 9.52. The molecule has 0 aliphatic rings. The zero-order valence-electron chi connectivity index (χ0n) is 19.4. The van der Waals surface area contributed by atoms with E-state index in [0.29, 0.717) is 17.3 Å². The third-order valence-corrected chi connectivity index (χ3v) is 5.77. The standard InChI is InChI=1S/C25H24N6O3/c1-16-17(2)31(19-8-6-5-7-9-19)24-23(16)25-28-22(29-30(25)15-26-24)14-34-27-13-18-10-11-20(32-3)21(12-18)33-4/h5-13,15H,14H2,1-4H3/b27-13-. The highest BCUT2D eigenvalue weighted by molar-refractivity contribution is 5.95. The van der Waals surface area contributed by atoms with Crippen LogP contribution in [0.4, 0.5) is 0 Å². The van der Waals surface area contributed by atoms with Gasteiger partial charge in [-0.05, 0) is 49.7 Å². The van der Waals surface area contributed by atoms with E-state index < -0.39 is 0 Å². The number of rotatable bonds is 7. The maximum Gasteiger partial charge on any atom is 0.192 e. The number of oxime groups is 1. The Kier molecular flexibility index (Phi) is 5.59. The van der Waals surface area contributed by atoms with E-state index >= 15 is 0 Å². The molecule has 0 amide bonds. The maximum atomic E-state index is 5.46. The number of aryl methyl sites for hydroxylation is 1. The van der Waals surface area contributed by atoms with Crippen LogP contribution in [0.15, 0.2) is 60.0 Å². The van der Waals surface area contributed by atoms with Crippen LogP contribution in [-0.4, -0.2) is 44.6 Å². The van der Waals surface area contributed by atoms with E-state index in [1.807, 2.05) is 36.4 Å². The number of nitrogens with zero attached hydrogens (tertiary/aromatic N) is 6. The number of para-hydroxylation sites is 1. The molecule has 0 radical (unpaired) electrons. The van der Waals surface area contributed by atoms with Crippen LogP contribution in [-0.2, 0) is 11.4 Å². The molecule has 9 nitrogen and oxygen atoms in total. The first-order chi connectivity index (χ1) is 16.6. The van der Waals surface area contributed by atoms with E-state index in [9.17, 15) is 0 Å². The van der Waals surface area contributed by atoms with Gasteiger partial charge in [0.2, 0.25) is 0 Å². The van der Waals surface area contributed by atoms with Crippen molar-refractivity contribution in [3.63, 3.8) is 0 Å². The smallest absolute Gasteiger partial charge is 0.192 e. The van der Waals surface area contributed by atoms with Gasteiger partial charge in [0.05, 0.1) is 25.8 Å². The van der Waals surface area contributed by atoms with Gasteiger partial charge in [0, 0.05) is 16.9 Å². The second-order valence-corrected chi connectivity index (χ2v) is 7.74. The summed E-state index contributed by atoms with van der Waals surface area (Å²) in [7, 11) is 3.19. The average Bonchev–Trinajstić information content (AvgIpc) is 3.40. The van der Waals surface area contributed by atoms with E-state index in [0.717, 1.165) is 39.2 Å². The highest BCUT2D eigenvalue weighted by Crippen LogP contribution is 2.30. The van der Waals surface area contributed by atoms with Crippen molar-refractivity contribution >= 4 is 22.9 Å². The lowest BCUT2D eigenvalue weighted by Crippen LogP contribution is -1.99. The number of ether oxygens (including phenoxy) is 2. The minimum atomic E-state index is 0.129. The van der Waals surface area contributed by atoms with Gasteiger partial charge < -0.3 is 14.3 Å². The Bertz CT molecular complexity index is 1500. The number of methoxy groups -OCH3 is 2. The fourth-order valence-corrected chi connectivity index (χ4v) is 3.99. The predicted molar refractivity (Wildman–Crippen MR) is 129 cm³/mol. The predicted octanol–water partition coefficient (Wildman–Crippen LogP) is 4.25. The van der Waals surface area contributed by atoms with Gasteiger partial charge in [0.15, 0.2) is 35.2 Å². The van der Waals surface area contributed by atoms with E-state index in [2.05, 4.69) is 45.8 Å². The summed E-state index contributed by atoms with van der Waals surface area (Å²) in [6, 6.07) is 15.7. The SMILES string of the molecule is COc1ccc(/C=N\OCc2nc3c4c(C)c(C)n(-c5ccccc5)c4ncn3n2)cc1OC. The van der Waals surface area contributed by atoms with Crippen molar-refractivity contribution < 1.29 is 14.3 Å². The Balaban J connectivity index is 1.40. The molecule has 0 saturated carbocycles. The molecule has 2 aromatic carbocycles. The minimum absolute atomic E-state index is 0.129. The zero-order valence-corrected chi connectivity index (χ0v) is 19.4. The quantitative estimate of drug-likeness (QED) is 0.269. The first-order valence-electron chi connectivity index (χ1n) is 10.8. The fraction of sp³-hybridized carbons (Fsp3) is 0.200. The summed E-state index contributed by atoms with van der Waals surface area (Å²) in [5.41, 5.74) is 5.69. The van der Waals surface area contributed by atoms with Crippen molar-refractivity contribution in [2.75, 3.05) is 14.2 Å². The molecule has 9 heteroatoms. The fourth-order valence-electron chi connectivity index (χ4n) is 3.99. The minimum Gasteiger partial charge on any atom is -0.493 e. The van der Waals surface area contributed by atoms with Crippen LogP contribution in [0.3, 0.4) is 0 Å². The lowest BCUT2D eigenvalue weighted by atomic mass is 10.2. The highest BCUT2D eigenvalue weighted by Gasteiger charge is 2.18. The first kappa shape index (κ1) is 21.4. The molecule has 0 aliphatic carbocycles. The molecule has 0 fully saturated rings. The lowest BCUT2D eigenvalue weighted by molar-refractivity contribution is 0.126. The summed E-state index contributed by atoms with van der Waals surface area (Å²) in [6.45, 7) is 4.30. The van der Waals surface area contributed by atoms with Crippen molar-refractivity contribution in [2.24, 2.45) is 5.16 Å². The second-order valence-electron chi connectivity index (χ2n) is 7.74. The van der Waals surface area contributed by atoms with Crippen molar-refractivity contribution in [1.29, 1.82) is 0 Å². The Labute approximate surface area is 196 Å². The van der Waals surface area contributed by atoms with E-state index in [4.69, 9.17) is 19.3 Å². The van der Waals surface area contributed by atoms with Crippen LogP contribution in [0.2, 0.25) is 0 Å². The summed E-state index contributed by atoms with van der Waals surface area (Å²) in [6.07, 6.45) is 3.28. The molecule has 0 saturated heterocycles. The molecule has 0 spiro atoms. The van der Waals surface area contributed by atoms with Gasteiger partial charge in [0.25, 0.3) is 0 Å². The first-order valence-corrected chi connectivity index (χ1v) is 10.8. The van der Waals surface area contributed by atoms with Crippen LogP contribution in [0.25, 0.3) is 22.4 Å². The number of aromatic nitrogens is 5. The molecule has 0 atom stereocenters. The molecule has 0 N–H and O–H groups in total. The van der Waals surface area contributed by atoms with Crippen molar-refractivity contribution in [3.05, 3.63) is 77.5 Å².